The van der Waals surface area contributed by atoms with E-state index in [2.05, 4.69) is 11.8 Å². The lowest BCUT2D eigenvalue weighted by Gasteiger charge is -2.17. The number of likely N-dealkylation sites (tertiary alicyclic amines) is 1. The predicted octanol–water partition coefficient (Wildman–Crippen LogP) is 0.980. The number of hydrogen-bond acceptors (Lipinski definition) is 3. The Morgan fingerprint density at radius 2 is 2.33 bits per heavy atom. The Kier molecular flexibility index (Phi) is 5.32. The lowest BCUT2D eigenvalue weighted by atomic mass is 10.1. The fraction of sp³-hybridized carbons (Fsp3) is 0.438. The van der Waals surface area contributed by atoms with Crippen LogP contribution < -0.4 is 5.73 Å². The molecule has 1 fully saturated rings. The molecule has 0 saturated carbocycles. The molecule has 1 aromatic carbocycles. The van der Waals surface area contributed by atoms with Crippen LogP contribution in [0.3, 0.4) is 0 Å². The van der Waals surface area contributed by atoms with Gasteiger partial charge < -0.3 is 15.7 Å². The number of carbonyl (C=O) groups is 1. The molecule has 1 unspecified atom stereocenters. The first-order chi connectivity index (χ1) is 10.2. The molecular weight excluding hydrogens is 271 g/mol. The number of nitrogens with zero attached hydrogens (tertiary/aromatic N) is 1. The number of halogens is 1. The van der Waals surface area contributed by atoms with Crippen molar-refractivity contribution in [1.29, 1.82) is 0 Å². The summed E-state index contributed by atoms with van der Waals surface area (Å²) < 4.78 is 13.3. The molecule has 1 aliphatic heterocycles. The van der Waals surface area contributed by atoms with Crippen LogP contribution in [0.2, 0.25) is 0 Å². The highest BCUT2D eigenvalue weighted by molar-refractivity contribution is 5.97. The summed E-state index contributed by atoms with van der Waals surface area (Å²) in [6, 6.07) is 4.00. The Balaban J connectivity index is 2.19. The number of aliphatic hydroxyl groups excluding tert-OH is 1. The molecule has 0 aromatic heterocycles. The lowest BCUT2D eigenvalue weighted by Crippen LogP contribution is -2.29. The zero-order valence-corrected chi connectivity index (χ0v) is 11.8. The summed E-state index contributed by atoms with van der Waals surface area (Å²) in [5, 5.41) is 8.97. The van der Waals surface area contributed by atoms with Crippen LogP contribution in [0, 0.1) is 23.6 Å². The van der Waals surface area contributed by atoms with Crippen molar-refractivity contribution in [2.24, 2.45) is 11.7 Å². The summed E-state index contributed by atoms with van der Waals surface area (Å²) in [5.41, 5.74) is 6.10. The number of benzene rings is 1. The van der Waals surface area contributed by atoms with E-state index in [-0.39, 0.29) is 19.1 Å². The van der Waals surface area contributed by atoms with Gasteiger partial charge >= 0.3 is 0 Å². The van der Waals surface area contributed by atoms with Crippen LogP contribution in [0.4, 0.5) is 4.39 Å². The predicted molar refractivity (Wildman–Crippen MR) is 78.0 cm³/mol. The first kappa shape index (κ1) is 15.5. The fourth-order valence-corrected chi connectivity index (χ4v) is 2.56. The largest absolute Gasteiger partial charge is 0.396 e. The topological polar surface area (TPSA) is 66.6 Å². The first-order valence-corrected chi connectivity index (χ1v) is 7.04. The molecule has 3 N–H and O–H groups in total. The molecular formula is C16H19FN2O2. The highest BCUT2D eigenvalue weighted by atomic mass is 19.1. The van der Waals surface area contributed by atoms with Gasteiger partial charge in [-0.05, 0) is 37.0 Å². The third-order valence-corrected chi connectivity index (χ3v) is 3.65. The van der Waals surface area contributed by atoms with E-state index < -0.39 is 5.82 Å². The molecule has 1 heterocycles. The van der Waals surface area contributed by atoms with Crippen molar-refractivity contribution < 1.29 is 14.3 Å². The van der Waals surface area contributed by atoms with Crippen LogP contribution in [-0.4, -0.2) is 42.2 Å². The summed E-state index contributed by atoms with van der Waals surface area (Å²) >= 11 is 0. The van der Waals surface area contributed by atoms with Gasteiger partial charge in [-0.1, -0.05) is 11.8 Å². The molecule has 4 nitrogen and oxygen atoms in total. The minimum Gasteiger partial charge on any atom is -0.396 e. The third kappa shape index (κ3) is 3.81. The highest BCUT2D eigenvalue weighted by Crippen LogP contribution is 2.22. The Morgan fingerprint density at radius 1 is 1.52 bits per heavy atom. The van der Waals surface area contributed by atoms with E-state index in [4.69, 9.17) is 10.8 Å². The van der Waals surface area contributed by atoms with Gasteiger partial charge in [-0.25, -0.2) is 4.39 Å². The Morgan fingerprint density at radius 3 is 3.05 bits per heavy atom. The number of hydrogen-bond donors (Lipinski definition) is 2. The second-order valence-electron chi connectivity index (χ2n) is 5.11. The minimum atomic E-state index is -0.424. The SMILES string of the molecule is NCC#Cc1cc(F)ccc1C(=O)N1CCC(CCO)C1. The Bertz CT molecular complexity index is 577. The van der Waals surface area contributed by atoms with Crippen molar-refractivity contribution in [2.45, 2.75) is 12.8 Å². The van der Waals surface area contributed by atoms with E-state index in [9.17, 15) is 9.18 Å². The van der Waals surface area contributed by atoms with Gasteiger partial charge in [0, 0.05) is 25.3 Å². The normalized spacial score (nSPS) is 17.5. The number of amides is 1. The van der Waals surface area contributed by atoms with Crippen molar-refractivity contribution in [3.63, 3.8) is 0 Å². The molecule has 5 heteroatoms. The van der Waals surface area contributed by atoms with E-state index in [1.54, 1.807) is 4.90 Å². The second-order valence-corrected chi connectivity index (χ2v) is 5.11. The van der Waals surface area contributed by atoms with E-state index in [0.717, 1.165) is 6.42 Å². The van der Waals surface area contributed by atoms with Crippen LogP contribution in [0.1, 0.15) is 28.8 Å². The number of rotatable bonds is 3. The summed E-state index contributed by atoms with van der Waals surface area (Å²) in [6.45, 7) is 1.58. The fourth-order valence-electron chi connectivity index (χ4n) is 2.56. The Labute approximate surface area is 123 Å². The molecule has 21 heavy (non-hydrogen) atoms. The first-order valence-electron chi connectivity index (χ1n) is 7.04. The van der Waals surface area contributed by atoms with Crippen molar-refractivity contribution in [2.75, 3.05) is 26.2 Å². The third-order valence-electron chi connectivity index (χ3n) is 3.65. The van der Waals surface area contributed by atoms with Crippen LogP contribution in [0.15, 0.2) is 18.2 Å². The average Bonchev–Trinajstić information content (AvgIpc) is 2.93. The molecule has 0 aliphatic carbocycles. The van der Waals surface area contributed by atoms with Gasteiger partial charge in [0.05, 0.1) is 12.1 Å². The smallest absolute Gasteiger partial charge is 0.255 e. The van der Waals surface area contributed by atoms with E-state index in [1.165, 1.54) is 18.2 Å². The van der Waals surface area contributed by atoms with Gasteiger partial charge in [-0.2, -0.15) is 0 Å². The molecule has 1 amide bonds. The van der Waals surface area contributed by atoms with Crippen LogP contribution in [0.25, 0.3) is 0 Å². The van der Waals surface area contributed by atoms with E-state index >= 15 is 0 Å². The molecule has 2 rings (SSSR count). The lowest BCUT2D eigenvalue weighted by molar-refractivity contribution is 0.0784. The molecule has 0 radical (unpaired) electrons. The summed E-state index contributed by atoms with van der Waals surface area (Å²) in [7, 11) is 0. The quantitative estimate of drug-likeness (QED) is 0.816. The van der Waals surface area contributed by atoms with Crippen LogP contribution >= 0.6 is 0 Å². The Hall–Kier alpha value is -1.90. The van der Waals surface area contributed by atoms with Crippen molar-refractivity contribution in [1.82, 2.24) is 4.90 Å². The molecule has 112 valence electrons. The van der Waals surface area contributed by atoms with Gasteiger partial charge in [0.2, 0.25) is 0 Å². The molecule has 0 bridgehead atoms. The number of aliphatic hydroxyl groups is 1. The van der Waals surface area contributed by atoms with Crippen LogP contribution in [0.5, 0.6) is 0 Å². The maximum Gasteiger partial charge on any atom is 0.255 e. The molecule has 1 saturated heterocycles. The number of carbonyl (C=O) groups excluding carboxylic acids is 1. The van der Waals surface area contributed by atoms with Crippen molar-refractivity contribution in [3.8, 4) is 11.8 Å². The van der Waals surface area contributed by atoms with Gasteiger partial charge in [0.25, 0.3) is 5.91 Å². The zero-order chi connectivity index (χ0) is 15.2. The highest BCUT2D eigenvalue weighted by Gasteiger charge is 2.27. The van der Waals surface area contributed by atoms with Gasteiger partial charge in [-0.15, -0.1) is 0 Å². The van der Waals surface area contributed by atoms with Crippen molar-refractivity contribution >= 4 is 5.91 Å². The number of nitrogens with two attached hydrogens (primary N) is 1. The standard InChI is InChI=1S/C16H19FN2O2/c17-14-3-4-15(13(10-14)2-1-7-18)16(21)19-8-5-12(11-19)6-9-20/h3-4,10,12,20H,5-9,11,18H2. The van der Waals surface area contributed by atoms with E-state index in [0.29, 0.717) is 36.6 Å². The zero-order valence-electron chi connectivity index (χ0n) is 11.8. The molecule has 0 spiro atoms. The average molecular weight is 290 g/mol. The molecule has 1 atom stereocenters. The van der Waals surface area contributed by atoms with Crippen LogP contribution in [-0.2, 0) is 0 Å². The summed E-state index contributed by atoms with van der Waals surface area (Å²) in [5.74, 6) is 5.17. The minimum absolute atomic E-state index is 0.135. The monoisotopic (exact) mass is 290 g/mol. The molecule has 1 aromatic rings. The maximum atomic E-state index is 13.3. The van der Waals surface area contributed by atoms with E-state index in [1.807, 2.05) is 0 Å². The maximum absolute atomic E-state index is 13.3. The van der Waals surface area contributed by atoms with Gasteiger partial charge in [-0.3, -0.25) is 4.79 Å². The second kappa shape index (κ2) is 7.21. The summed E-state index contributed by atoms with van der Waals surface area (Å²) in [6.07, 6.45) is 1.59. The van der Waals surface area contributed by atoms with Crippen molar-refractivity contribution in [3.05, 3.63) is 35.1 Å². The van der Waals surface area contributed by atoms with Gasteiger partial charge in [0.15, 0.2) is 0 Å². The summed E-state index contributed by atoms with van der Waals surface area (Å²) in [4.78, 5) is 14.3. The molecule has 1 aliphatic rings. The van der Waals surface area contributed by atoms with Gasteiger partial charge in [0.1, 0.15) is 5.82 Å².